The largest absolute Gasteiger partial charge is 0.455 e. The van der Waals surface area contributed by atoms with Gasteiger partial charge in [-0.15, -0.1) is 0 Å². The highest BCUT2D eigenvalue weighted by Crippen LogP contribution is 2.40. The fourth-order valence-corrected chi connectivity index (χ4v) is 6.31. The Labute approximate surface area is 225 Å². The molecule has 0 unspecified atom stereocenters. The molecule has 0 N–H and O–H groups in total. The van der Waals surface area contributed by atoms with Crippen LogP contribution in [-0.4, -0.2) is 9.38 Å². The van der Waals surface area contributed by atoms with Gasteiger partial charge in [0, 0.05) is 39.5 Å². The average molecular weight is 503 g/mol. The van der Waals surface area contributed by atoms with Crippen molar-refractivity contribution >= 4 is 49.3 Å². The Kier molecular flexibility index (Phi) is 4.57. The van der Waals surface area contributed by atoms with E-state index in [9.17, 15) is 0 Å². The first kappa shape index (κ1) is 22.1. The summed E-state index contributed by atoms with van der Waals surface area (Å²) in [5.74, 6) is 0. The molecule has 5 aromatic carbocycles. The Morgan fingerprint density at radius 2 is 1.33 bits per heavy atom. The Morgan fingerprint density at radius 1 is 0.590 bits per heavy atom. The highest BCUT2D eigenvalue weighted by Gasteiger charge is 2.16. The van der Waals surface area contributed by atoms with Crippen LogP contribution >= 0.6 is 0 Å². The number of nitrogens with zero attached hydrogens (tertiary/aromatic N) is 2. The summed E-state index contributed by atoms with van der Waals surface area (Å²) in [5.41, 5.74) is 12.4. The second-order valence-electron chi connectivity index (χ2n) is 10.7. The molecule has 3 aromatic heterocycles. The number of pyridine rings is 1. The summed E-state index contributed by atoms with van der Waals surface area (Å²) in [7, 11) is 0. The van der Waals surface area contributed by atoms with E-state index in [1.165, 1.54) is 54.7 Å². The van der Waals surface area contributed by atoms with Gasteiger partial charge in [0.25, 0.3) is 0 Å². The van der Waals surface area contributed by atoms with Crippen molar-refractivity contribution in [1.82, 2.24) is 9.38 Å². The van der Waals surface area contributed by atoms with Crippen LogP contribution in [0.25, 0.3) is 71.5 Å². The fourth-order valence-electron chi connectivity index (χ4n) is 6.31. The number of rotatable bonds is 2. The molecule has 0 aliphatic carbocycles. The van der Waals surface area contributed by atoms with Gasteiger partial charge < -0.3 is 4.42 Å². The average Bonchev–Trinajstić information content (AvgIpc) is 3.59. The monoisotopic (exact) mass is 502 g/mol. The van der Waals surface area contributed by atoms with E-state index >= 15 is 0 Å². The molecule has 0 radical (unpaired) electrons. The minimum Gasteiger partial charge on any atom is -0.455 e. The number of fused-ring (bicyclic) bond motifs is 9. The van der Waals surface area contributed by atoms with Crippen molar-refractivity contribution < 1.29 is 4.42 Å². The minimum absolute atomic E-state index is 0.952. The van der Waals surface area contributed by atoms with E-state index in [0.29, 0.717) is 0 Å². The van der Waals surface area contributed by atoms with E-state index < -0.39 is 0 Å². The molecular formula is C36H26N2O. The standard InChI is InChI=1S/C36H26N2O/c1-21-15-23(3)34-31(17-21)32-18-22(2)16-29(35(32)39-34)26-8-6-7-24(19-26)25-11-12-33-30(20-25)27-9-4-5-10-28(27)36-37-13-14-38(33)36/h4-20H,1-3H3. The van der Waals surface area contributed by atoms with Gasteiger partial charge in [-0.25, -0.2) is 4.98 Å². The second-order valence-corrected chi connectivity index (χ2v) is 10.7. The first-order chi connectivity index (χ1) is 19.0. The van der Waals surface area contributed by atoms with Crippen molar-refractivity contribution in [1.29, 1.82) is 0 Å². The van der Waals surface area contributed by atoms with Crippen LogP contribution in [-0.2, 0) is 0 Å². The SMILES string of the molecule is Cc1cc(C)c2oc3c(-c4cccc(-c5ccc6c(c5)c5ccccc5c5nccn65)c4)cc(C)cc3c2c1. The van der Waals surface area contributed by atoms with Crippen LogP contribution in [0, 0.1) is 20.8 Å². The summed E-state index contributed by atoms with van der Waals surface area (Å²) in [6.07, 6.45) is 3.92. The van der Waals surface area contributed by atoms with Crippen molar-refractivity contribution in [3.8, 4) is 22.3 Å². The molecule has 0 spiro atoms. The van der Waals surface area contributed by atoms with Crippen LogP contribution in [0.15, 0.2) is 108 Å². The molecule has 3 nitrogen and oxygen atoms in total. The molecule has 0 aliphatic rings. The maximum atomic E-state index is 6.55. The predicted molar refractivity (Wildman–Crippen MR) is 163 cm³/mol. The third-order valence-corrected chi connectivity index (χ3v) is 8.01. The molecule has 0 fully saturated rings. The predicted octanol–water partition coefficient (Wildman–Crippen LogP) is 9.80. The molecule has 0 saturated carbocycles. The van der Waals surface area contributed by atoms with Crippen molar-refractivity contribution in [3.63, 3.8) is 0 Å². The molecule has 39 heavy (non-hydrogen) atoms. The van der Waals surface area contributed by atoms with Gasteiger partial charge in [-0.2, -0.15) is 0 Å². The van der Waals surface area contributed by atoms with Gasteiger partial charge in [0.1, 0.15) is 16.8 Å². The lowest BCUT2D eigenvalue weighted by Crippen LogP contribution is -1.91. The van der Waals surface area contributed by atoms with E-state index in [1.54, 1.807) is 0 Å². The lowest BCUT2D eigenvalue weighted by Gasteiger charge is -2.12. The molecule has 0 bridgehead atoms. The number of imidazole rings is 1. The Hall–Kier alpha value is -4.89. The summed E-state index contributed by atoms with van der Waals surface area (Å²) < 4.78 is 8.74. The van der Waals surface area contributed by atoms with E-state index in [1.807, 2.05) is 12.4 Å². The van der Waals surface area contributed by atoms with Gasteiger partial charge in [0.05, 0.1) is 5.52 Å². The van der Waals surface area contributed by atoms with Crippen molar-refractivity contribution in [2.24, 2.45) is 0 Å². The Balaban J connectivity index is 1.35. The van der Waals surface area contributed by atoms with Crippen LogP contribution in [0.1, 0.15) is 16.7 Å². The van der Waals surface area contributed by atoms with Gasteiger partial charge in [0.2, 0.25) is 0 Å². The van der Waals surface area contributed by atoms with Gasteiger partial charge in [-0.05, 0) is 95.9 Å². The maximum absolute atomic E-state index is 6.55. The lowest BCUT2D eigenvalue weighted by molar-refractivity contribution is 0.666. The highest BCUT2D eigenvalue weighted by molar-refractivity contribution is 6.13. The lowest BCUT2D eigenvalue weighted by atomic mass is 9.95. The Bertz CT molecular complexity index is 2260. The zero-order chi connectivity index (χ0) is 26.2. The molecule has 0 amide bonds. The molecule has 0 atom stereocenters. The maximum Gasteiger partial charge on any atom is 0.145 e. The van der Waals surface area contributed by atoms with Gasteiger partial charge in [-0.1, -0.05) is 54.6 Å². The van der Waals surface area contributed by atoms with Crippen molar-refractivity contribution in [2.75, 3.05) is 0 Å². The first-order valence-electron chi connectivity index (χ1n) is 13.4. The highest BCUT2D eigenvalue weighted by atomic mass is 16.3. The van der Waals surface area contributed by atoms with Crippen LogP contribution in [0.3, 0.4) is 0 Å². The summed E-state index contributed by atoms with van der Waals surface area (Å²) in [6, 6.07) is 33.0. The number of hydrogen-bond acceptors (Lipinski definition) is 2. The van der Waals surface area contributed by atoms with E-state index in [0.717, 1.165) is 33.5 Å². The summed E-state index contributed by atoms with van der Waals surface area (Å²) in [6.45, 7) is 6.45. The zero-order valence-electron chi connectivity index (χ0n) is 22.1. The van der Waals surface area contributed by atoms with Gasteiger partial charge in [0.15, 0.2) is 0 Å². The van der Waals surface area contributed by atoms with E-state index in [4.69, 9.17) is 4.42 Å². The first-order valence-corrected chi connectivity index (χ1v) is 13.4. The summed E-state index contributed by atoms with van der Waals surface area (Å²) in [5, 5.41) is 5.98. The van der Waals surface area contributed by atoms with Crippen molar-refractivity contribution in [3.05, 3.63) is 120 Å². The van der Waals surface area contributed by atoms with Crippen molar-refractivity contribution in [2.45, 2.75) is 20.8 Å². The van der Waals surface area contributed by atoms with E-state index in [2.05, 4.69) is 121 Å². The molecule has 0 aliphatic heterocycles. The topological polar surface area (TPSA) is 30.4 Å². The van der Waals surface area contributed by atoms with Crippen LogP contribution in [0.2, 0.25) is 0 Å². The summed E-state index contributed by atoms with van der Waals surface area (Å²) in [4.78, 5) is 4.63. The Morgan fingerprint density at radius 3 is 2.21 bits per heavy atom. The number of furan rings is 1. The molecule has 3 heterocycles. The number of benzene rings is 5. The zero-order valence-corrected chi connectivity index (χ0v) is 22.1. The smallest absolute Gasteiger partial charge is 0.145 e. The number of aryl methyl sites for hydroxylation is 3. The number of hydrogen-bond donors (Lipinski definition) is 0. The summed E-state index contributed by atoms with van der Waals surface area (Å²) >= 11 is 0. The van der Waals surface area contributed by atoms with Crippen LogP contribution in [0.4, 0.5) is 0 Å². The van der Waals surface area contributed by atoms with Gasteiger partial charge >= 0.3 is 0 Å². The normalized spacial score (nSPS) is 12.0. The molecule has 186 valence electrons. The molecule has 8 rings (SSSR count). The number of aromatic nitrogens is 2. The van der Waals surface area contributed by atoms with Crippen LogP contribution in [0.5, 0.6) is 0 Å². The quantitative estimate of drug-likeness (QED) is 0.220. The fraction of sp³-hybridized carbons (Fsp3) is 0.0833. The second kappa shape index (κ2) is 8.05. The van der Waals surface area contributed by atoms with Crippen LogP contribution < -0.4 is 0 Å². The minimum atomic E-state index is 0.952. The molecule has 0 saturated heterocycles. The third-order valence-electron chi connectivity index (χ3n) is 8.01. The molecular weight excluding hydrogens is 476 g/mol. The van der Waals surface area contributed by atoms with Gasteiger partial charge in [-0.3, -0.25) is 4.40 Å². The molecule has 3 heteroatoms. The van der Waals surface area contributed by atoms with E-state index in [-0.39, 0.29) is 0 Å². The molecule has 8 aromatic rings. The third kappa shape index (κ3) is 3.26.